The lowest BCUT2D eigenvalue weighted by Gasteiger charge is -2.11. The van der Waals surface area contributed by atoms with Crippen LogP contribution < -0.4 is 21.3 Å². The number of rotatable bonds is 7. The van der Waals surface area contributed by atoms with E-state index in [9.17, 15) is 0 Å². The molecule has 1 heterocycles. The first kappa shape index (κ1) is 14.4. The van der Waals surface area contributed by atoms with Gasteiger partial charge in [0.1, 0.15) is 0 Å². The van der Waals surface area contributed by atoms with E-state index in [2.05, 4.69) is 25.7 Å². The molecule has 0 radical (unpaired) electrons. The molecule has 0 saturated heterocycles. The SMILES string of the molecule is CC(O)CCNc1nc(NN)nc(OC(C)C)n1. The Morgan fingerprint density at radius 3 is 2.44 bits per heavy atom. The predicted molar refractivity (Wildman–Crippen MR) is 68.2 cm³/mol. The van der Waals surface area contributed by atoms with Crippen LogP contribution in [0.4, 0.5) is 11.9 Å². The van der Waals surface area contributed by atoms with Gasteiger partial charge in [-0.3, -0.25) is 5.43 Å². The number of ether oxygens (including phenoxy) is 1. The molecule has 1 rings (SSSR count). The van der Waals surface area contributed by atoms with E-state index in [0.29, 0.717) is 18.9 Å². The second-order valence-electron chi connectivity index (χ2n) is 4.14. The molecule has 0 amide bonds. The minimum absolute atomic E-state index is 0.0386. The van der Waals surface area contributed by atoms with Crippen molar-refractivity contribution in [2.75, 3.05) is 17.3 Å². The van der Waals surface area contributed by atoms with Gasteiger partial charge in [-0.1, -0.05) is 0 Å². The summed E-state index contributed by atoms with van der Waals surface area (Å²) in [6.45, 7) is 6.02. The molecule has 8 nitrogen and oxygen atoms in total. The maximum atomic E-state index is 9.15. The number of nitrogens with zero attached hydrogens (tertiary/aromatic N) is 3. The summed E-state index contributed by atoms with van der Waals surface area (Å²) >= 11 is 0. The summed E-state index contributed by atoms with van der Waals surface area (Å²) in [7, 11) is 0. The predicted octanol–water partition coefficient (Wildman–Crippen LogP) is 0.127. The number of hydrogen-bond acceptors (Lipinski definition) is 8. The maximum Gasteiger partial charge on any atom is 0.323 e. The van der Waals surface area contributed by atoms with Gasteiger partial charge in [-0.2, -0.15) is 15.0 Å². The lowest BCUT2D eigenvalue weighted by molar-refractivity contribution is 0.188. The Balaban J connectivity index is 2.70. The number of nitrogens with two attached hydrogens (primary N) is 1. The van der Waals surface area contributed by atoms with E-state index in [0.717, 1.165) is 0 Å². The summed E-state index contributed by atoms with van der Waals surface area (Å²) in [5.74, 6) is 5.85. The van der Waals surface area contributed by atoms with Crippen LogP contribution >= 0.6 is 0 Å². The van der Waals surface area contributed by atoms with Crippen molar-refractivity contribution in [3.8, 4) is 6.01 Å². The first-order valence-electron chi connectivity index (χ1n) is 5.82. The van der Waals surface area contributed by atoms with E-state index in [-0.39, 0.29) is 24.2 Å². The summed E-state index contributed by atoms with van der Waals surface area (Å²) in [5, 5.41) is 12.1. The topological polar surface area (TPSA) is 118 Å². The minimum atomic E-state index is -0.377. The first-order chi connectivity index (χ1) is 8.51. The summed E-state index contributed by atoms with van der Waals surface area (Å²) in [6.07, 6.45) is 0.179. The molecule has 1 atom stereocenters. The van der Waals surface area contributed by atoms with Crippen molar-refractivity contribution in [3.05, 3.63) is 0 Å². The third-order valence-electron chi connectivity index (χ3n) is 1.93. The van der Waals surface area contributed by atoms with E-state index < -0.39 is 0 Å². The fourth-order valence-electron chi connectivity index (χ4n) is 1.16. The first-order valence-corrected chi connectivity index (χ1v) is 5.82. The average molecular weight is 256 g/mol. The number of hydrazine groups is 1. The van der Waals surface area contributed by atoms with Crippen molar-refractivity contribution in [2.24, 2.45) is 5.84 Å². The fourth-order valence-corrected chi connectivity index (χ4v) is 1.16. The van der Waals surface area contributed by atoms with Crippen molar-refractivity contribution < 1.29 is 9.84 Å². The molecule has 0 bridgehead atoms. The van der Waals surface area contributed by atoms with Gasteiger partial charge >= 0.3 is 6.01 Å². The number of nitrogens with one attached hydrogen (secondary N) is 2. The number of aromatic nitrogens is 3. The van der Waals surface area contributed by atoms with Crippen LogP contribution in [-0.4, -0.2) is 38.8 Å². The molecular formula is C10H20N6O2. The molecule has 5 N–H and O–H groups in total. The second-order valence-corrected chi connectivity index (χ2v) is 4.14. The van der Waals surface area contributed by atoms with Crippen molar-refractivity contribution in [1.82, 2.24) is 15.0 Å². The Morgan fingerprint density at radius 2 is 1.89 bits per heavy atom. The highest BCUT2D eigenvalue weighted by Gasteiger charge is 2.08. The Morgan fingerprint density at radius 1 is 1.22 bits per heavy atom. The van der Waals surface area contributed by atoms with Crippen molar-refractivity contribution in [3.63, 3.8) is 0 Å². The normalized spacial score (nSPS) is 12.3. The summed E-state index contributed by atoms with van der Waals surface area (Å²) in [5.41, 5.74) is 2.35. The molecule has 0 aliphatic rings. The molecule has 0 fully saturated rings. The fraction of sp³-hybridized carbons (Fsp3) is 0.700. The largest absolute Gasteiger partial charge is 0.461 e. The highest BCUT2D eigenvalue weighted by molar-refractivity contribution is 5.34. The number of hydrogen-bond donors (Lipinski definition) is 4. The molecule has 1 aromatic heterocycles. The quantitative estimate of drug-likeness (QED) is 0.401. The summed E-state index contributed by atoms with van der Waals surface area (Å²) in [4.78, 5) is 12.1. The van der Waals surface area contributed by atoms with E-state index in [1.165, 1.54) is 0 Å². The Kier molecular flexibility index (Phi) is 5.53. The van der Waals surface area contributed by atoms with Crippen LogP contribution in [0.25, 0.3) is 0 Å². The van der Waals surface area contributed by atoms with Gasteiger partial charge in [-0.15, -0.1) is 0 Å². The average Bonchev–Trinajstić information content (AvgIpc) is 2.27. The van der Waals surface area contributed by atoms with E-state index >= 15 is 0 Å². The van der Waals surface area contributed by atoms with Crippen LogP contribution in [0.1, 0.15) is 27.2 Å². The molecule has 0 spiro atoms. The van der Waals surface area contributed by atoms with Crippen LogP contribution in [0.2, 0.25) is 0 Å². The third-order valence-corrected chi connectivity index (χ3v) is 1.93. The molecule has 1 unspecified atom stereocenters. The molecule has 0 aromatic carbocycles. The highest BCUT2D eigenvalue weighted by Crippen LogP contribution is 2.11. The lowest BCUT2D eigenvalue weighted by Crippen LogP contribution is -2.17. The molecule has 0 aliphatic carbocycles. The zero-order valence-electron chi connectivity index (χ0n) is 10.8. The van der Waals surface area contributed by atoms with E-state index in [1.807, 2.05) is 13.8 Å². The smallest absolute Gasteiger partial charge is 0.323 e. The van der Waals surface area contributed by atoms with E-state index in [1.54, 1.807) is 6.92 Å². The maximum absolute atomic E-state index is 9.15. The summed E-state index contributed by atoms with van der Waals surface area (Å²) in [6, 6.07) is 0.201. The van der Waals surface area contributed by atoms with Crippen molar-refractivity contribution in [2.45, 2.75) is 39.4 Å². The Hall–Kier alpha value is -1.67. The summed E-state index contributed by atoms with van der Waals surface area (Å²) < 4.78 is 5.38. The van der Waals surface area contributed by atoms with Gasteiger partial charge in [-0.25, -0.2) is 5.84 Å². The Bertz CT molecular complexity index is 371. The standard InChI is InChI=1S/C10H20N6O2/c1-6(2)18-10-14-8(12-5-4-7(3)17)13-9(15-10)16-11/h6-7,17H,4-5,11H2,1-3H3,(H2,12,13,14,15,16). The van der Waals surface area contributed by atoms with Crippen LogP contribution in [-0.2, 0) is 0 Å². The molecule has 0 aliphatic heterocycles. The lowest BCUT2D eigenvalue weighted by atomic mass is 10.3. The molecule has 18 heavy (non-hydrogen) atoms. The number of aliphatic hydroxyl groups excluding tert-OH is 1. The highest BCUT2D eigenvalue weighted by atomic mass is 16.5. The van der Waals surface area contributed by atoms with Crippen LogP contribution in [0.5, 0.6) is 6.01 Å². The molecular weight excluding hydrogens is 236 g/mol. The van der Waals surface area contributed by atoms with Gasteiger partial charge in [0.25, 0.3) is 0 Å². The van der Waals surface area contributed by atoms with Gasteiger partial charge in [0.2, 0.25) is 11.9 Å². The monoisotopic (exact) mass is 256 g/mol. The second kappa shape index (κ2) is 6.92. The molecule has 102 valence electrons. The third kappa shape index (κ3) is 5.11. The Labute approximate surface area is 106 Å². The van der Waals surface area contributed by atoms with Gasteiger partial charge in [-0.05, 0) is 27.2 Å². The van der Waals surface area contributed by atoms with Gasteiger partial charge in [0.05, 0.1) is 12.2 Å². The van der Waals surface area contributed by atoms with Crippen LogP contribution in [0.3, 0.4) is 0 Å². The van der Waals surface area contributed by atoms with Gasteiger partial charge < -0.3 is 15.2 Å². The zero-order valence-corrected chi connectivity index (χ0v) is 10.8. The van der Waals surface area contributed by atoms with Crippen molar-refractivity contribution >= 4 is 11.9 Å². The van der Waals surface area contributed by atoms with Crippen molar-refractivity contribution in [1.29, 1.82) is 0 Å². The number of aliphatic hydroxyl groups is 1. The minimum Gasteiger partial charge on any atom is -0.461 e. The number of anilines is 2. The molecule has 0 saturated carbocycles. The molecule has 8 heteroatoms. The van der Waals surface area contributed by atoms with Gasteiger partial charge in [0.15, 0.2) is 0 Å². The van der Waals surface area contributed by atoms with Crippen LogP contribution in [0, 0.1) is 0 Å². The number of nitrogen functional groups attached to an aromatic ring is 1. The molecule has 1 aromatic rings. The van der Waals surface area contributed by atoms with Crippen LogP contribution in [0.15, 0.2) is 0 Å². The van der Waals surface area contributed by atoms with E-state index in [4.69, 9.17) is 15.7 Å². The van der Waals surface area contributed by atoms with Gasteiger partial charge in [0, 0.05) is 6.54 Å². The zero-order chi connectivity index (χ0) is 13.5.